The minimum absolute atomic E-state index is 0.186. The minimum Gasteiger partial charge on any atom is -0.342 e. The molecule has 0 saturated carbocycles. The van der Waals surface area contributed by atoms with Crippen molar-refractivity contribution in [1.29, 1.82) is 5.26 Å². The Morgan fingerprint density at radius 3 is 3.00 bits per heavy atom. The highest BCUT2D eigenvalue weighted by atomic mass is 32.2. The summed E-state index contributed by atoms with van der Waals surface area (Å²) < 4.78 is 2.01. The number of benzene rings is 1. The molecule has 1 aliphatic heterocycles. The summed E-state index contributed by atoms with van der Waals surface area (Å²) in [6.45, 7) is 5.85. The second-order valence-corrected chi connectivity index (χ2v) is 8.28. The summed E-state index contributed by atoms with van der Waals surface area (Å²) in [5.41, 5.74) is 3.97. The molecule has 1 aromatic carbocycles. The van der Waals surface area contributed by atoms with Crippen LogP contribution in [0.5, 0.6) is 0 Å². The average Bonchev–Trinajstić information content (AvgIpc) is 3.05. The fourth-order valence-corrected chi connectivity index (χ4v) is 4.83. The van der Waals surface area contributed by atoms with Gasteiger partial charge in [-0.25, -0.2) is 4.98 Å². The predicted molar refractivity (Wildman–Crippen MR) is 108 cm³/mol. The van der Waals surface area contributed by atoms with Gasteiger partial charge in [-0.15, -0.1) is 0 Å². The average molecular weight is 379 g/mol. The molecule has 1 amide bonds. The first kappa shape index (κ1) is 17.9. The van der Waals surface area contributed by atoms with Crippen molar-refractivity contribution in [2.75, 3.05) is 18.8 Å². The number of para-hydroxylation sites is 2. The number of fused-ring (bicyclic) bond motifs is 3. The molecule has 6 heteroatoms. The lowest BCUT2D eigenvalue weighted by Crippen LogP contribution is -2.40. The van der Waals surface area contributed by atoms with Crippen LogP contribution in [-0.2, 0) is 4.79 Å². The zero-order chi connectivity index (χ0) is 19.0. The summed E-state index contributed by atoms with van der Waals surface area (Å²) in [6, 6.07) is 12.1. The number of piperidine rings is 1. The van der Waals surface area contributed by atoms with Crippen molar-refractivity contribution in [3.05, 3.63) is 41.5 Å². The zero-order valence-corrected chi connectivity index (χ0v) is 16.4. The highest BCUT2D eigenvalue weighted by molar-refractivity contribution is 7.99. The molecule has 1 saturated heterocycles. The van der Waals surface area contributed by atoms with Crippen molar-refractivity contribution >= 4 is 34.3 Å². The van der Waals surface area contributed by atoms with E-state index in [2.05, 4.69) is 18.0 Å². The lowest BCUT2D eigenvalue weighted by atomic mass is 10.0. The van der Waals surface area contributed by atoms with Crippen molar-refractivity contribution < 1.29 is 4.79 Å². The second-order valence-electron chi connectivity index (χ2n) is 7.29. The Morgan fingerprint density at radius 2 is 2.22 bits per heavy atom. The van der Waals surface area contributed by atoms with Gasteiger partial charge in [0, 0.05) is 13.1 Å². The van der Waals surface area contributed by atoms with E-state index < -0.39 is 0 Å². The number of nitrogens with zero attached hydrogens (tertiary/aromatic N) is 4. The molecule has 4 rings (SSSR count). The summed E-state index contributed by atoms with van der Waals surface area (Å²) in [4.78, 5) is 19.3. The third-order valence-corrected chi connectivity index (χ3v) is 6.19. The standard InChI is InChI=1S/C21H22N4OS/c1-14-6-5-9-24(12-14)19(26)13-27-20-10-15(2)16(11-22)21-23-17-7-3-4-8-18(17)25(20)21/h3-4,7-8,10,14H,5-6,9,12-13H2,1-2H3/t14-/m1/s1. The van der Waals surface area contributed by atoms with E-state index in [0.717, 1.165) is 41.1 Å². The van der Waals surface area contributed by atoms with Crippen LogP contribution in [0.15, 0.2) is 35.4 Å². The molecule has 1 atom stereocenters. The quantitative estimate of drug-likeness (QED) is 0.646. The largest absolute Gasteiger partial charge is 0.342 e. The van der Waals surface area contributed by atoms with E-state index >= 15 is 0 Å². The fraction of sp³-hybridized carbons (Fsp3) is 0.381. The summed E-state index contributed by atoms with van der Waals surface area (Å²) in [7, 11) is 0. The maximum atomic E-state index is 12.7. The van der Waals surface area contributed by atoms with Gasteiger partial charge in [0.2, 0.25) is 5.91 Å². The van der Waals surface area contributed by atoms with Gasteiger partial charge in [0.15, 0.2) is 5.65 Å². The summed E-state index contributed by atoms with van der Waals surface area (Å²) in [5.74, 6) is 1.17. The molecule has 0 aliphatic carbocycles. The fourth-order valence-electron chi connectivity index (χ4n) is 3.80. The van der Waals surface area contributed by atoms with Crippen molar-refractivity contribution in [3.63, 3.8) is 0 Å². The summed E-state index contributed by atoms with van der Waals surface area (Å²) in [6.07, 6.45) is 2.29. The van der Waals surface area contributed by atoms with E-state index in [1.54, 1.807) is 0 Å². The van der Waals surface area contributed by atoms with Crippen LogP contribution in [-0.4, -0.2) is 39.0 Å². The molecule has 5 nitrogen and oxygen atoms in total. The molecule has 138 valence electrons. The number of thioether (sulfide) groups is 1. The number of carbonyl (C=O) groups excluding carboxylic acids is 1. The summed E-state index contributed by atoms with van der Waals surface area (Å²) >= 11 is 1.53. The number of imidazole rings is 1. The van der Waals surface area contributed by atoms with Gasteiger partial charge in [-0.2, -0.15) is 5.26 Å². The first-order chi connectivity index (χ1) is 13.1. The van der Waals surface area contributed by atoms with Gasteiger partial charge >= 0.3 is 0 Å². The van der Waals surface area contributed by atoms with Crippen LogP contribution in [0.1, 0.15) is 30.9 Å². The van der Waals surface area contributed by atoms with Crippen molar-refractivity contribution in [3.8, 4) is 6.07 Å². The number of amides is 1. The van der Waals surface area contributed by atoms with Crippen molar-refractivity contribution in [2.24, 2.45) is 5.92 Å². The van der Waals surface area contributed by atoms with Gasteiger partial charge in [-0.3, -0.25) is 9.20 Å². The monoisotopic (exact) mass is 378 g/mol. The molecule has 3 aromatic rings. The molecule has 3 heterocycles. The first-order valence-corrected chi connectivity index (χ1v) is 10.3. The lowest BCUT2D eigenvalue weighted by molar-refractivity contribution is -0.130. The number of rotatable bonds is 3. The van der Waals surface area contributed by atoms with E-state index in [0.29, 0.717) is 22.9 Å². The minimum atomic E-state index is 0.186. The SMILES string of the molecule is Cc1cc(SCC(=O)N2CCC[C@@H](C)C2)n2c(nc3ccccc32)c1C#N. The van der Waals surface area contributed by atoms with Crippen LogP contribution in [0.4, 0.5) is 0 Å². The van der Waals surface area contributed by atoms with Crippen LogP contribution in [0.3, 0.4) is 0 Å². The highest BCUT2D eigenvalue weighted by Gasteiger charge is 2.22. The third-order valence-electron chi connectivity index (χ3n) is 5.20. The van der Waals surface area contributed by atoms with Crippen molar-refractivity contribution in [2.45, 2.75) is 31.7 Å². The molecule has 0 N–H and O–H groups in total. The number of likely N-dealkylation sites (tertiary alicyclic amines) is 1. The van der Waals surface area contributed by atoms with Crippen LogP contribution in [0.2, 0.25) is 0 Å². The Bertz CT molecular complexity index is 1070. The Labute approximate surface area is 163 Å². The molecule has 1 fully saturated rings. The number of aryl methyl sites for hydroxylation is 1. The molecular weight excluding hydrogens is 356 g/mol. The van der Waals surface area contributed by atoms with Gasteiger partial charge in [0.25, 0.3) is 0 Å². The highest BCUT2D eigenvalue weighted by Crippen LogP contribution is 2.29. The Hall–Kier alpha value is -2.52. The molecule has 0 spiro atoms. The molecule has 0 bridgehead atoms. The first-order valence-electron chi connectivity index (χ1n) is 9.30. The van der Waals surface area contributed by atoms with Crippen molar-refractivity contribution in [1.82, 2.24) is 14.3 Å². The van der Waals surface area contributed by atoms with Crippen LogP contribution >= 0.6 is 11.8 Å². The van der Waals surface area contributed by atoms with Gasteiger partial charge in [0.05, 0.1) is 27.4 Å². The Kier molecular flexibility index (Phi) is 4.79. The Balaban J connectivity index is 1.69. The Morgan fingerprint density at radius 1 is 1.41 bits per heavy atom. The molecule has 27 heavy (non-hydrogen) atoms. The number of hydrogen-bond donors (Lipinski definition) is 0. The van der Waals surface area contributed by atoms with E-state index in [4.69, 9.17) is 0 Å². The third kappa shape index (κ3) is 3.28. The van der Waals surface area contributed by atoms with Gasteiger partial charge in [0.1, 0.15) is 6.07 Å². The lowest BCUT2D eigenvalue weighted by Gasteiger charge is -2.30. The van der Waals surface area contributed by atoms with Crippen LogP contribution < -0.4 is 0 Å². The number of pyridine rings is 1. The van der Waals surface area contributed by atoms with Gasteiger partial charge in [-0.1, -0.05) is 30.8 Å². The number of hydrogen-bond acceptors (Lipinski definition) is 4. The van der Waals surface area contributed by atoms with E-state index in [-0.39, 0.29) is 5.91 Å². The smallest absolute Gasteiger partial charge is 0.232 e. The van der Waals surface area contributed by atoms with Gasteiger partial charge < -0.3 is 4.90 Å². The molecular formula is C21H22N4OS. The van der Waals surface area contributed by atoms with Crippen LogP contribution in [0, 0.1) is 24.2 Å². The second kappa shape index (κ2) is 7.24. The number of aromatic nitrogens is 2. The molecule has 0 radical (unpaired) electrons. The van der Waals surface area contributed by atoms with E-state index in [1.165, 1.54) is 18.2 Å². The van der Waals surface area contributed by atoms with E-state index in [1.807, 2.05) is 46.6 Å². The maximum Gasteiger partial charge on any atom is 0.232 e. The van der Waals surface area contributed by atoms with Crippen LogP contribution in [0.25, 0.3) is 16.7 Å². The normalized spacial score (nSPS) is 17.4. The molecule has 2 aromatic heterocycles. The maximum absolute atomic E-state index is 12.7. The number of carbonyl (C=O) groups is 1. The summed E-state index contributed by atoms with van der Waals surface area (Å²) in [5, 5.41) is 10.5. The topological polar surface area (TPSA) is 61.4 Å². The van der Waals surface area contributed by atoms with E-state index in [9.17, 15) is 10.1 Å². The number of nitriles is 1. The van der Waals surface area contributed by atoms with Gasteiger partial charge in [-0.05, 0) is 49.4 Å². The zero-order valence-electron chi connectivity index (χ0n) is 15.6. The predicted octanol–water partition coefficient (Wildman–Crippen LogP) is 4.02. The molecule has 1 aliphatic rings. The molecule has 0 unspecified atom stereocenters.